The Balaban J connectivity index is 1.92. The van der Waals surface area contributed by atoms with E-state index in [0.29, 0.717) is 12.5 Å². The predicted octanol–water partition coefficient (Wildman–Crippen LogP) is 1.22. The highest BCUT2D eigenvalue weighted by molar-refractivity contribution is 4.90. The Morgan fingerprint density at radius 3 is 3.06 bits per heavy atom. The molecule has 1 aliphatic heterocycles. The van der Waals surface area contributed by atoms with E-state index in [1.54, 1.807) is 0 Å². The van der Waals surface area contributed by atoms with Crippen LogP contribution >= 0.6 is 0 Å². The van der Waals surface area contributed by atoms with Crippen LogP contribution in [0.2, 0.25) is 0 Å². The molecule has 1 aliphatic rings. The molecule has 1 N–H and O–H groups in total. The van der Waals surface area contributed by atoms with Gasteiger partial charge in [0, 0.05) is 12.5 Å². The molecule has 2 heterocycles. The zero-order valence-corrected chi connectivity index (χ0v) is 10.6. The van der Waals surface area contributed by atoms with Gasteiger partial charge in [0.1, 0.15) is 0 Å². The summed E-state index contributed by atoms with van der Waals surface area (Å²) in [7, 11) is 0. The molecule has 96 valence electrons. The van der Waals surface area contributed by atoms with Gasteiger partial charge in [-0.25, -0.2) is 0 Å². The van der Waals surface area contributed by atoms with Crippen LogP contribution in [0.25, 0.3) is 0 Å². The van der Waals surface area contributed by atoms with Gasteiger partial charge in [-0.15, -0.1) is 0 Å². The summed E-state index contributed by atoms with van der Waals surface area (Å²) in [6, 6.07) is 0.266. The Bertz CT molecular complexity index is 351. The number of aliphatic hydroxyl groups excluding tert-OH is 1. The van der Waals surface area contributed by atoms with Crippen LogP contribution in [0.5, 0.6) is 0 Å². The van der Waals surface area contributed by atoms with E-state index in [-0.39, 0.29) is 12.6 Å². The van der Waals surface area contributed by atoms with Crippen molar-refractivity contribution in [2.24, 2.45) is 5.92 Å². The van der Waals surface area contributed by atoms with Gasteiger partial charge < -0.3 is 9.63 Å². The van der Waals surface area contributed by atoms with Crippen molar-refractivity contribution < 1.29 is 9.63 Å². The van der Waals surface area contributed by atoms with Crippen LogP contribution in [0.4, 0.5) is 0 Å². The van der Waals surface area contributed by atoms with Crippen molar-refractivity contribution >= 4 is 0 Å². The smallest absolute Gasteiger partial charge is 0.226 e. The molecule has 1 fully saturated rings. The second kappa shape index (κ2) is 5.60. The molecule has 0 radical (unpaired) electrons. The normalized spacial score (nSPS) is 21.5. The molecule has 0 aromatic carbocycles. The van der Waals surface area contributed by atoms with Crippen LogP contribution in [0.15, 0.2) is 4.52 Å². The molecule has 1 saturated heterocycles. The molecule has 0 spiro atoms. The minimum absolute atomic E-state index is 0.219. The molecule has 5 nitrogen and oxygen atoms in total. The van der Waals surface area contributed by atoms with Gasteiger partial charge in [0.05, 0.1) is 13.2 Å². The van der Waals surface area contributed by atoms with Crippen molar-refractivity contribution in [2.75, 3.05) is 13.2 Å². The largest absolute Gasteiger partial charge is 0.395 e. The summed E-state index contributed by atoms with van der Waals surface area (Å²) in [5, 5.41) is 13.2. The fraction of sp³-hybridized carbons (Fsp3) is 0.833. The van der Waals surface area contributed by atoms with E-state index >= 15 is 0 Å². The Hall–Kier alpha value is -0.940. The molecule has 0 aliphatic carbocycles. The predicted molar refractivity (Wildman–Crippen MR) is 63.4 cm³/mol. The third-order valence-electron chi connectivity index (χ3n) is 3.15. The summed E-state index contributed by atoms with van der Waals surface area (Å²) < 4.78 is 5.20. The molecule has 1 aromatic rings. The van der Waals surface area contributed by atoms with Crippen molar-refractivity contribution in [3.05, 3.63) is 11.7 Å². The van der Waals surface area contributed by atoms with Crippen molar-refractivity contribution in [1.82, 2.24) is 15.0 Å². The Labute approximate surface area is 102 Å². The summed E-state index contributed by atoms with van der Waals surface area (Å²) in [5.74, 6) is 1.98. The fourth-order valence-electron chi connectivity index (χ4n) is 2.28. The Morgan fingerprint density at radius 1 is 1.53 bits per heavy atom. The maximum Gasteiger partial charge on any atom is 0.226 e. The van der Waals surface area contributed by atoms with Crippen molar-refractivity contribution in [1.29, 1.82) is 0 Å². The number of aromatic nitrogens is 2. The number of likely N-dealkylation sites (tertiary alicyclic amines) is 1. The van der Waals surface area contributed by atoms with Crippen LogP contribution in [-0.2, 0) is 13.0 Å². The lowest BCUT2D eigenvalue weighted by Crippen LogP contribution is -2.32. The van der Waals surface area contributed by atoms with E-state index in [4.69, 9.17) is 4.52 Å². The molecular weight excluding hydrogens is 218 g/mol. The van der Waals surface area contributed by atoms with Crippen LogP contribution in [0.1, 0.15) is 38.4 Å². The minimum Gasteiger partial charge on any atom is -0.395 e. The highest BCUT2D eigenvalue weighted by atomic mass is 16.5. The third kappa shape index (κ3) is 3.26. The van der Waals surface area contributed by atoms with Gasteiger partial charge >= 0.3 is 0 Å². The Morgan fingerprint density at radius 2 is 2.35 bits per heavy atom. The molecular formula is C12H21N3O2. The molecule has 0 bridgehead atoms. The summed E-state index contributed by atoms with van der Waals surface area (Å²) in [5.41, 5.74) is 0. The van der Waals surface area contributed by atoms with Crippen molar-refractivity contribution in [3.8, 4) is 0 Å². The highest BCUT2D eigenvalue weighted by Gasteiger charge is 2.25. The van der Waals surface area contributed by atoms with Gasteiger partial charge in [-0.3, -0.25) is 4.90 Å². The molecule has 5 heteroatoms. The lowest BCUT2D eigenvalue weighted by Gasteiger charge is -2.20. The van der Waals surface area contributed by atoms with Gasteiger partial charge in [0.25, 0.3) is 0 Å². The number of aliphatic hydroxyl groups is 1. The van der Waals surface area contributed by atoms with Crippen molar-refractivity contribution in [2.45, 2.75) is 45.7 Å². The zero-order chi connectivity index (χ0) is 12.3. The van der Waals surface area contributed by atoms with Gasteiger partial charge in [-0.1, -0.05) is 19.0 Å². The molecule has 17 heavy (non-hydrogen) atoms. The zero-order valence-electron chi connectivity index (χ0n) is 10.6. The van der Waals surface area contributed by atoms with Crippen LogP contribution in [-0.4, -0.2) is 39.3 Å². The standard InChI is InChI=1S/C12H21N3O2/c1-9(2)6-12-13-11(14-17-12)7-15-5-3-4-10(15)8-16/h9-10,16H,3-8H2,1-2H3/t10-/m1/s1. The average Bonchev–Trinajstić information content (AvgIpc) is 2.87. The second-order valence-electron chi connectivity index (χ2n) is 5.15. The maximum atomic E-state index is 9.23. The van der Waals surface area contributed by atoms with Crippen LogP contribution < -0.4 is 0 Å². The van der Waals surface area contributed by atoms with Gasteiger partial charge in [0.2, 0.25) is 5.89 Å². The molecule has 1 aromatic heterocycles. The first-order chi connectivity index (χ1) is 8.19. The topological polar surface area (TPSA) is 62.4 Å². The van der Waals surface area contributed by atoms with Gasteiger partial charge in [-0.05, 0) is 25.3 Å². The lowest BCUT2D eigenvalue weighted by molar-refractivity contribution is 0.150. The van der Waals surface area contributed by atoms with E-state index in [2.05, 4.69) is 28.9 Å². The van der Waals surface area contributed by atoms with E-state index in [0.717, 1.165) is 37.5 Å². The van der Waals surface area contributed by atoms with E-state index in [1.807, 2.05) is 0 Å². The SMILES string of the molecule is CC(C)Cc1nc(CN2CCC[C@@H]2CO)no1. The number of hydrogen-bond acceptors (Lipinski definition) is 5. The molecule has 2 rings (SSSR count). The summed E-state index contributed by atoms with van der Waals surface area (Å²) in [6.07, 6.45) is 3.03. The first-order valence-electron chi connectivity index (χ1n) is 6.35. The molecule has 0 amide bonds. The third-order valence-corrected chi connectivity index (χ3v) is 3.15. The quantitative estimate of drug-likeness (QED) is 0.837. The van der Waals surface area contributed by atoms with E-state index in [9.17, 15) is 5.11 Å². The summed E-state index contributed by atoms with van der Waals surface area (Å²) in [4.78, 5) is 6.61. The van der Waals surface area contributed by atoms with Gasteiger partial charge in [-0.2, -0.15) is 4.98 Å². The van der Waals surface area contributed by atoms with Crippen LogP contribution in [0, 0.1) is 5.92 Å². The second-order valence-corrected chi connectivity index (χ2v) is 5.15. The average molecular weight is 239 g/mol. The van der Waals surface area contributed by atoms with E-state index < -0.39 is 0 Å². The monoisotopic (exact) mass is 239 g/mol. The summed E-state index contributed by atoms with van der Waals surface area (Å²) in [6.45, 7) is 6.18. The molecule has 0 unspecified atom stereocenters. The van der Waals surface area contributed by atoms with Crippen LogP contribution in [0.3, 0.4) is 0 Å². The van der Waals surface area contributed by atoms with Crippen molar-refractivity contribution in [3.63, 3.8) is 0 Å². The Kier molecular flexibility index (Phi) is 4.12. The fourth-order valence-corrected chi connectivity index (χ4v) is 2.28. The van der Waals surface area contributed by atoms with Gasteiger partial charge in [0.15, 0.2) is 5.82 Å². The first kappa shape index (κ1) is 12.5. The number of rotatable bonds is 5. The number of hydrogen-bond donors (Lipinski definition) is 1. The lowest BCUT2D eigenvalue weighted by atomic mass is 10.1. The maximum absolute atomic E-state index is 9.23. The molecule has 1 atom stereocenters. The first-order valence-corrected chi connectivity index (χ1v) is 6.35. The van der Waals surface area contributed by atoms with E-state index in [1.165, 1.54) is 0 Å². The minimum atomic E-state index is 0.219. The molecule has 0 saturated carbocycles. The summed E-state index contributed by atoms with van der Waals surface area (Å²) >= 11 is 0. The number of nitrogens with zero attached hydrogens (tertiary/aromatic N) is 3. The highest BCUT2D eigenvalue weighted by Crippen LogP contribution is 2.18.